The van der Waals surface area contributed by atoms with E-state index in [4.69, 9.17) is 4.74 Å². The number of benzene rings is 1. The van der Waals surface area contributed by atoms with Crippen molar-refractivity contribution in [1.82, 2.24) is 25.2 Å². The molecule has 0 radical (unpaired) electrons. The highest BCUT2D eigenvalue weighted by Gasteiger charge is 2.35. The van der Waals surface area contributed by atoms with Crippen molar-refractivity contribution in [3.63, 3.8) is 0 Å². The molecule has 1 aliphatic carbocycles. The van der Waals surface area contributed by atoms with Crippen LogP contribution in [0.1, 0.15) is 72.9 Å². The summed E-state index contributed by atoms with van der Waals surface area (Å²) >= 11 is 0. The van der Waals surface area contributed by atoms with E-state index < -0.39 is 79.5 Å². The van der Waals surface area contributed by atoms with E-state index in [0.717, 1.165) is 12.1 Å². The highest BCUT2D eigenvalue weighted by atomic mass is 19.4. The number of aromatic nitrogens is 3. The maximum Gasteiger partial charge on any atom is 0.457 e. The van der Waals surface area contributed by atoms with Gasteiger partial charge in [0.15, 0.2) is 18.0 Å². The summed E-state index contributed by atoms with van der Waals surface area (Å²) in [6, 6.07) is 3.10. The summed E-state index contributed by atoms with van der Waals surface area (Å²) in [6.07, 6.45) is -16.5. The van der Waals surface area contributed by atoms with Gasteiger partial charge in [0.25, 0.3) is 6.43 Å². The van der Waals surface area contributed by atoms with E-state index in [0.29, 0.717) is 44.6 Å². The van der Waals surface area contributed by atoms with E-state index in [-0.39, 0.29) is 40.6 Å². The van der Waals surface area contributed by atoms with Gasteiger partial charge in [0.1, 0.15) is 11.9 Å². The first-order chi connectivity index (χ1) is 23.7. The number of imidazole rings is 1. The first-order valence-electron chi connectivity index (χ1n) is 15.6. The molecule has 0 unspecified atom stereocenters. The summed E-state index contributed by atoms with van der Waals surface area (Å²) in [5.41, 5.74) is -2.05. The number of hydrogen-bond acceptors (Lipinski definition) is 7. The standard InChI is InChI=1S/C31H33F11N6O3/c1-48-26-22(45-28(48)44-21-11-17(7-10-20(21)30(37,38)39)14-43-25(50)13-29(34,35)36)12-19(27(46-26)51-15-24(32)33)23(49)4-2-3-16-5-8-18(9-6-16)47-31(40,41)42/h7,10-12,16,18,24,47H,2-6,8-9,13-15H2,1H3,(H,43,50)(H,44,45). The monoisotopic (exact) mass is 746 g/mol. The van der Waals surface area contributed by atoms with E-state index in [2.05, 4.69) is 15.3 Å². The molecule has 1 amide bonds. The molecule has 0 atom stereocenters. The summed E-state index contributed by atoms with van der Waals surface area (Å²) in [4.78, 5) is 33.2. The molecule has 0 saturated heterocycles. The Morgan fingerprint density at radius 2 is 1.67 bits per heavy atom. The number of anilines is 2. The average molecular weight is 747 g/mol. The Hall–Kier alpha value is -4.23. The number of carbonyl (C=O) groups excluding carboxylic acids is 2. The average Bonchev–Trinajstić information content (AvgIpc) is 3.30. The number of fused-ring (bicyclic) bond motifs is 1. The van der Waals surface area contributed by atoms with Crippen molar-refractivity contribution in [3.8, 4) is 5.88 Å². The highest BCUT2D eigenvalue weighted by Crippen LogP contribution is 2.37. The Morgan fingerprint density at radius 1 is 0.980 bits per heavy atom. The van der Waals surface area contributed by atoms with Crippen molar-refractivity contribution in [3.05, 3.63) is 41.0 Å². The number of pyridine rings is 1. The Kier molecular flexibility index (Phi) is 12.4. The zero-order valence-electron chi connectivity index (χ0n) is 26.8. The second-order valence-corrected chi connectivity index (χ2v) is 12.1. The SMILES string of the molecule is Cn1c(Nc2cc(CNC(=O)CC(F)(F)F)ccc2C(F)(F)F)nc2cc(C(=O)CCCC3CCC(NC(F)(F)F)CC3)c(OCC(F)F)nc21. The molecule has 3 aromatic rings. The van der Waals surface area contributed by atoms with Crippen LogP contribution in [0.2, 0.25) is 0 Å². The predicted octanol–water partition coefficient (Wildman–Crippen LogP) is 7.96. The normalized spacial score (nSPS) is 17.2. The number of ether oxygens (including phenoxy) is 1. The Bertz CT molecular complexity index is 1680. The molecule has 2 aromatic heterocycles. The zero-order valence-corrected chi connectivity index (χ0v) is 26.8. The van der Waals surface area contributed by atoms with E-state index in [1.165, 1.54) is 17.7 Å². The van der Waals surface area contributed by atoms with E-state index in [1.807, 2.05) is 5.32 Å². The van der Waals surface area contributed by atoms with Crippen molar-refractivity contribution in [2.75, 3.05) is 11.9 Å². The van der Waals surface area contributed by atoms with Gasteiger partial charge in [-0.15, -0.1) is 0 Å². The number of hydrogen-bond donors (Lipinski definition) is 3. The molecule has 20 heteroatoms. The number of aryl methyl sites for hydroxylation is 1. The van der Waals surface area contributed by atoms with Crippen molar-refractivity contribution >= 4 is 34.5 Å². The van der Waals surface area contributed by atoms with Crippen LogP contribution in [0.25, 0.3) is 11.2 Å². The Labute approximate surface area is 283 Å². The quantitative estimate of drug-likeness (QED) is 0.0873. The van der Waals surface area contributed by atoms with Gasteiger partial charge in [-0.1, -0.05) is 12.5 Å². The van der Waals surface area contributed by atoms with Crippen LogP contribution in [0.15, 0.2) is 24.3 Å². The molecule has 282 valence electrons. The summed E-state index contributed by atoms with van der Waals surface area (Å²) in [6.45, 7) is -1.66. The zero-order chi connectivity index (χ0) is 37.7. The number of amides is 1. The first-order valence-corrected chi connectivity index (χ1v) is 15.6. The minimum Gasteiger partial charge on any atom is -0.471 e. The van der Waals surface area contributed by atoms with Crippen LogP contribution in [-0.4, -0.2) is 57.8 Å². The molecule has 0 bridgehead atoms. The van der Waals surface area contributed by atoms with Gasteiger partial charge < -0.3 is 15.4 Å². The molecular formula is C31H33F11N6O3. The molecule has 0 aliphatic heterocycles. The molecule has 4 rings (SSSR count). The van der Waals surface area contributed by atoms with Crippen LogP contribution in [0, 0.1) is 5.92 Å². The third-order valence-corrected chi connectivity index (χ3v) is 8.17. The fourth-order valence-corrected chi connectivity index (χ4v) is 5.79. The summed E-state index contributed by atoms with van der Waals surface area (Å²) in [5, 5.41) is 6.10. The number of carbonyl (C=O) groups is 2. The molecule has 3 N–H and O–H groups in total. The topological polar surface area (TPSA) is 110 Å². The summed E-state index contributed by atoms with van der Waals surface area (Å²) < 4.78 is 149. The minimum absolute atomic E-state index is 0.0134. The van der Waals surface area contributed by atoms with Crippen molar-refractivity contribution < 1.29 is 62.6 Å². The molecule has 1 aliphatic rings. The molecule has 1 fully saturated rings. The maximum absolute atomic E-state index is 13.9. The number of nitrogens with zero attached hydrogens (tertiary/aromatic N) is 3. The van der Waals surface area contributed by atoms with Gasteiger partial charge in [-0.25, -0.2) is 19.1 Å². The van der Waals surface area contributed by atoms with E-state index >= 15 is 0 Å². The predicted molar refractivity (Wildman–Crippen MR) is 160 cm³/mol. The van der Waals surface area contributed by atoms with Crippen LogP contribution in [-0.2, 0) is 24.6 Å². The summed E-state index contributed by atoms with van der Waals surface area (Å²) in [7, 11) is 1.33. The van der Waals surface area contributed by atoms with Gasteiger partial charge in [0, 0.05) is 26.1 Å². The second kappa shape index (κ2) is 16.0. The van der Waals surface area contributed by atoms with Crippen LogP contribution >= 0.6 is 0 Å². The number of halogens is 11. The molecule has 2 heterocycles. The van der Waals surface area contributed by atoms with Gasteiger partial charge in [-0.05, 0) is 61.8 Å². The minimum atomic E-state index is -4.90. The molecule has 9 nitrogen and oxygen atoms in total. The van der Waals surface area contributed by atoms with E-state index in [1.54, 1.807) is 5.32 Å². The van der Waals surface area contributed by atoms with Crippen molar-refractivity contribution in [2.24, 2.45) is 13.0 Å². The van der Waals surface area contributed by atoms with E-state index in [9.17, 15) is 57.9 Å². The van der Waals surface area contributed by atoms with Gasteiger partial charge in [0.2, 0.25) is 17.7 Å². The lowest BCUT2D eigenvalue weighted by molar-refractivity contribution is -0.166. The number of Topliss-reactive ketones (excluding diaryl/α,β-unsaturated/α-hetero) is 1. The molecule has 1 aromatic carbocycles. The van der Waals surface area contributed by atoms with Gasteiger partial charge in [-0.3, -0.25) is 14.2 Å². The summed E-state index contributed by atoms with van der Waals surface area (Å²) in [5.74, 6) is -2.58. The highest BCUT2D eigenvalue weighted by molar-refractivity contribution is 6.00. The molecule has 0 spiro atoms. The van der Waals surface area contributed by atoms with Crippen LogP contribution < -0.4 is 20.7 Å². The molecule has 51 heavy (non-hydrogen) atoms. The van der Waals surface area contributed by atoms with Crippen LogP contribution in [0.4, 0.5) is 59.9 Å². The molecular weight excluding hydrogens is 713 g/mol. The van der Waals surface area contributed by atoms with Gasteiger partial charge >= 0.3 is 18.7 Å². The molecule has 1 saturated carbocycles. The number of ketones is 1. The second-order valence-electron chi connectivity index (χ2n) is 12.1. The fraction of sp³-hybridized carbons (Fsp3) is 0.548. The number of rotatable bonds is 14. The maximum atomic E-state index is 13.9. The lowest BCUT2D eigenvalue weighted by Crippen LogP contribution is -2.42. The van der Waals surface area contributed by atoms with Crippen LogP contribution in [0.3, 0.4) is 0 Å². The third-order valence-electron chi connectivity index (χ3n) is 8.17. The smallest absolute Gasteiger partial charge is 0.457 e. The number of alkyl halides is 11. The first kappa shape index (κ1) is 39.6. The van der Waals surface area contributed by atoms with Gasteiger partial charge in [0.05, 0.1) is 16.8 Å². The fourth-order valence-electron chi connectivity index (χ4n) is 5.79. The lowest BCUT2D eigenvalue weighted by atomic mass is 9.83. The third kappa shape index (κ3) is 11.6. The largest absolute Gasteiger partial charge is 0.471 e. The Morgan fingerprint density at radius 3 is 2.27 bits per heavy atom. The van der Waals surface area contributed by atoms with Crippen LogP contribution in [0.5, 0.6) is 5.88 Å². The lowest BCUT2D eigenvalue weighted by Gasteiger charge is -2.29. The Balaban J connectivity index is 1.53. The van der Waals surface area contributed by atoms with Gasteiger partial charge in [-0.2, -0.15) is 44.5 Å². The van der Waals surface area contributed by atoms with Crippen molar-refractivity contribution in [2.45, 2.75) is 89.0 Å². The number of nitrogens with one attached hydrogen (secondary N) is 3. The van der Waals surface area contributed by atoms with Crippen molar-refractivity contribution in [1.29, 1.82) is 0 Å².